The fourth-order valence-electron chi connectivity index (χ4n) is 1.24. The smallest absolute Gasteiger partial charge is 0.330 e. The summed E-state index contributed by atoms with van der Waals surface area (Å²) in [6, 6.07) is 0. The minimum absolute atomic E-state index is 0.101. The van der Waals surface area contributed by atoms with Crippen LogP contribution in [0.4, 0.5) is 0 Å². The molecule has 1 aliphatic rings. The minimum Gasteiger partial charge on any atom is -0.459 e. The highest BCUT2D eigenvalue weighted by molar-refractivity contribution is 5.81. The van der Waals surface area contributed by atoms with Gasteiger partial charge in [-0.1, -0.05) is 6.58 Å². The van der Waals surface area contributed by atoms with E-state index >= 15 is 0 Å². The molecule has 2 atom stereocenters. The van der Waals surface area contributed by atoms with Gasteiger partial charge < -0.3 is 9.84 Å². The van der Waals surface area contributed by atoms with Crippen LogP contribution in [0.2, 0.25) is 0 Å². The number of hydrogen-bond donors (Lipinski definition) is 1. The van der Waals surface area contributed by atoms with Crippen LogP contribution in [-0.2, 0) is 9.53 Å². The van der Waals surface area contributed by atoms with Gasteiger partial charge in [-0.2, -0.15) is 0 Å². The predicted molar refractivity (Wildman–Crippen MR) is 39.9 cm³/mol. The van der Waals surface area contributed by atoms with Crippen molar-refractivity contribution in [3.8, 4) is 0 Å². The highest BCUT2D eigenvalue weighted by atomic mass is 16.5. The van der Waals surface area contributed by atoms with Crippen LogP contribution in [0, 0.1) is 0 Å². The largest absolute Gasteiger partial charge is 0.459 e. The molecule has 0 radical (unpaired) electrons. The van der Waals surface area contributed by atoms with E-state index in [0.29, 0.717) is 6.42 Å². The highest BCUT2D eigenvalue weighted by Crippen LogP contribution is 2.21. The lowest BCUT2D eigenvalue weighted by Gasteiger charge is -2.08. The van der Waals surface area contributed by atoms with Crippen LogP contribution in [-0.4, -0.2) is 23.3 Å². The molecule has 0 aliphatic heterocycles. The van der Waals surface area contributed by atoms with Gasteiger partial charge in [0.15, 0.2) is 0 Å². The second kappa shape index (κ2) is 3.53. The van der Waals surface area contributed by atoms with Crippen molar-refractivity contribution in [2.45, 2.75) is 31.5 Å². The van der Waals surface area contributed by atoms with Crippen molar-refractivity contribution in [1.82, 2.24) is 0 Å². The van der Waals surface area contributed by atoms with E-state index in [1.807, 2.05) is 0 Å². The molecule has 3 nitrogen and oxygen atoms in total. The van der Waals surface area contributed by atoms with Crippen molar-refractivity contribution < 1.29 is 14.6 Å². The molecular weight excluding hydrogens is 144 g/mol. The molecule has 1 saturated carbocycles. The van der Waals surface area contributed by atoms with Crippen LogP contribution in [0.15, 0.2) is 12.7 Å². The third-order valence-electron chi connectivity index (χ3n) is 1.81. The van der Waals surface area contributed by atoms with E-state index in [2.05, 4.69) is 6.58 Å². The molecular formula is C8H12O3. The van der Waals surface area contributed by atoms with E-state index < -0.39 is 5.97 Å². The van der Waals surface area contributed by atoms with Crippen LogP contribution < -0.4 is 0 Å². The molecule has 3 heteroatoms. The quantitative estimate of drug-likeness (QED) is 0.471. The van der Waals surface area contributed by atoms with Crippen LogP contribution in [0.25, 0.3) is 0 Å². The lowest BCUT2D eigenvalue weighted by atomic mass is 10.3. The maximum absolute atomic E-state index is 10.7. The molecule has 0 aromatic heterocycles. The third-order valence-corrected chi connectivity index (χ3v) is 1.81. The molecule has 1 rings (SSSR count). The van der Waals surface area contributed by atoms with Crippen LogP contribution >= 0.6 is 0 Å². The van der Waals surface area contributed by atoms with Gasteiger partial charge in [-0.25, -0.2) is 4.79 Å². The molecule has 0 saturated heterocycles. The van der Waals surface area contributed by atoms with E-state index in [0.717, 1.165) is 18.9 Å². The molecule has 0 amide bonds. The first-order valence-corrected chi connectivity index (χ1v) is 3.73. The van der Waals surface area contributed by atoms with E-state index in [4.69, 9.17) is 9.84 Å². The SMILES string of the molecule is C=CC(=O)OC1CCC(O)C1. The van der Waals surface area contributed by atoms with Gasteiger partial charge in [0.2, 0.25) is 0 Å². The fraction of sp³-hybridized carbons (Fsp3) is 0.625. The maximum atomic E-state index is 10.7. The molecule has 2 unspecified atom stereocenters. The number of ether oxygens (including phenoxy) is 1. The average Bonchev–Trinajstić information content (AvgIpc) is 2.35. The van der Waals surface area contributed by atoms with Crippen molar-refractivity contribution in [3.63, 3.8) is 0 Å². The van der Waals surface area contributed by atoms with Crippen LogP contribution in [0.1, 0.15) is 19.3 Å². The summed E-state index contributed by atoms with van der Waals surface area (Å²) in [5, 5.41) is 9.07. The lowest BCUT2D eigenvalue weighted by Crippen LogP contribution is -2.13. The Bertz CT molecular complexity index is 165. The third kappa shape index (κ3) is 2.35. The Balaban J connectivity index is 2.28. The Morgan fingerprint density at radius 1 is 1.64 bits per heavy atom. The van der Waals surface area contributed by atoms with E-state index in [-0.39, 0.29) is 12.2 Å². The molecule has 0 aromatic rings. The molecule has 62 valence electrons. The number of hydrogen-bond acceptors (Lipinski definition) is 3. The first-order chi connectivity index (χ1) is 5.22. The van der Waals surface area contributed by atoms with Gasteiger partial charge in [0, 0.05) is 12.5 Å². The first-order valence-electron chi connectivity index (χ1n) is 3.73. The van der Waals surface area contributed by atoms with Crippen LogP contribution in [0.5, 0.6) is 0 Å². The molecule has 0 bridgehead atoms. The second-order valence-corrected chi connectivity index (χ2v) is 2.73. The van der Waals surface area contributed by atoms with E-state index in [9.17, 15) is 4.79 Å². The first kappa shape index (κ1) is 8.27. The number of carbonyl (C=O) groups excluding carboxylic acids is 1. The van der Waals surface area contributed by atoms with E-state index in [1.54, 1.807) is 0 Å². The molecule has 0 aromatic carbocycles. The van der Waals surface area contributed by atoms with Crippen molar-refractivity contribution in [1.29, 1.82) is 0 Å². The maximum Gasteiger partial charge on any atom is 0.330 e. The van der Waals surface area contributed by atoms with Crippen molar-refractivity contribution in [2.24, 2.45) is 0 Å². The average molecular weight is 156 g/mol. The van der Waals surface area contributed by atoms with Crippen LogP contribution in [0.3, 0.4) is 0 Å². The summed E-state index contributed by atoms with van der Waals surface area (Å²) in [4.78, 5) is 10.7. The predicted octanol–water partition coefficient (Wildman–Crippen LogP) is 0.629. The molecule has 1 aliphatic carbocycles. The summed E-state index contributed by atoms with van der Waals surface area (Å²) in [7, 11) is 0. The summed E-state index contributed by atoms with van der Waals surface area (Å²) in [6.45, 7) is 3.28. The fourth-order valence-corrected chi connectivity index (χ4v) is 1.24. The van der Waals surface area contributed by atoms with Crippen molar-refractivity contribution >= 4 is 5.97 Å². The Kier molecular flexibility index (Phi) is 2.65. The number of aliphatic hydroxyl groups excluding tert-OH is 1. The summed E-state index contributed by atoms with van der Waals surface area (Å²) in [5.74, 6) is -0.399. The summed E-state index contributed by atoms with van der Waals surface area (Å²) in [6.07, 6.45) is 2.81. The number of aliphatic hydroxyl groups is 1. The minimum atomic E-state index is -0.399. The molecule has 1 fully saturated rings. The number of rotatable bonds is 2. The van der Waals surface area contributed by atoms with Gasteiger partial charge in [0.05, 0.1) is 6.10 Å². The zero-order chi connectivity index (χ0) is 8.27. The summed E-state index contributed by atoms with van der Waals surface area (Å²) < 4.78 is 4.91. The number of carbonyl (C=O) groups is 1. The second-order valence-electron chi connectivity index (χ2n) is 2.73. The van der Waals surface area contributed by atoms with Crippen molar-refractivity contribution in [2.75, 3.05) is 0 Å². The van der Waals surface area contributed by atoms with Gasteiger partial charge in [-0.3, -0.25) is 0 Å². The van der Waals surface area contributed by atoms with Gasteiger partial charge in [-0.15, -0.1) is 0 Å². The Morgan fingerprint density at radius 3 is 2.82 bits per heavy atom. The normalized spacial score (nSPS) is 29.9. The molecule has 11 heavy (non-hydrogen) atoms. The van der Waals surface area contributed by atoms with Gasteiger partial charge in [0.25, 0.3) is 0 Å². The topological polar surface area (TPSA) is 46.5 Å². The van der Waals surface area contributed by atoms with Crippen molar-refractivity contribution in [3.05, 3.63) is 12.7 Å². The lowest BCUT2D eigenvalue weighted by molar-refractivity contribution is -0.142. The zero-order valence-electron chi connectivity index (χ0n) is 6.32. The summed E-state index contributed by atoms with van der Waals surface area (Å²) in [5.41, 5.74) is 0. The molecule has 1 N–H and O–H groups in total. The molecule has 0 heterocycles. The van der Waals surface area contributed by atoms with Gasteiger partial charge in [-0.05, 0) is 12.8 Å². The Labute approximate surface area is 65.7 Å². The summed E-state index contributed by atoms with van der Waals surface area (Å²) >= 11 is 0. The standard InChI is InChI=1S/C8H12O3/c1-2-8(10)11-7-4-3-6(9)5-7/h2,6-7,9H,1,3-5H2. The Hall–Kier alpha value is -0.830. The Morgan fingerprint density at radius 2 is 2.36 bits per heavy atom. The highest BCUT2D eigenvalue weighted by Gasteiger charge is 2.24. The molecule has 0 spiro atoms. The zero-order valence-corrected chi connectivity index (χ0v) is 6.32. The number of esters is 1. The van der Waals surface area contributed by atoms with Gasteiger partial charge >= 0.3 is 5.97 Å². The monoisotopic (exact) mass is 156 g/mol. The van der Waals surface area contributed by atoms with E-state index in [1.165, 1.54) is 0 Å². The van der Waals surface area contributed by atoms with Gasteiger partial charge in [0.1, 0.15) is 6.10 Å².